The summed E-state index contributed by atoms with van der Waals surface area (Å²) in [7, 11) is 0. The molecule has 0 radical (unpaired) electrons. The normalized spacial score (nSPS) is 13.8. The Morgan fingerprint density at radius 2 is 0.643 bits per heavy atom. The van der Waals surface area contributed by atoms with E-state index in [9.17, 15) is 28.8 Å². The molecule has 0 aliphatic heterocycles. The molecule has 0 fully saturated rings. The van der Waals surface area contributed by atoms with Crippen molar-refractivity contribution < 1.29 is 28.8 Å². The monoisotopic (exact) mass is 798 g/mol. The highest BCUT2D eigenvalue weighted by molar-refractivity contribution is 5.96. The van der Waals surface area contributed by atoms with Gasteiger partial charge in [0, 0.05) is 6.42 Å². The van der Waals surface area contributed by atoms with Gasteiger partial charge in [0.1, 0.15) is 30.2 Å². The van der Waals surface area contributed by atoms with Crippen LogP contribution >= 0.6 is 0 Å². The van der Waals surface area contributed by atoms with E-state index in [1.54, 1.807) is 0 Å². The van der Waals surface area contributed by atoms with Gasteiger partial charge in [0.05, 0.1) is 0 Å². The molecule has 0 aromatic carbocycles. The fraction of sp³-hybridized carbons (Fsp3) is 0.846. The van der Waals surface area contributed by atoms with Crippen LogP contribution < -0.4 is 61.0 Å². The lowest BCUT2D eigenvalue weighted by Gasteiger charge is -2.27. The number of carbonyl (C=O) groups is 6. The topological polar surface area (TPSA) is 319 Å². The summed E-state index contributed by atoms with van der Waals surface area (Å²) in [5, 5.41) is 13.6. The Labute approximate surface area is 335 Å². The zero-order valence-corrected chi connectivity index (χ0v) is 34.4. The molecule has 0 aliphatic rings. The van der Waals surface area contributed by atoms with E-state index in [1.165, 1.54) is 44.9 Å². The van der Waals surface area contributed by atoms with E-state index in [0.717, 1.165) is 25.7 Å². The molecule has 326 valence electrons. The fourth-order valence-electron chi connectivity index (χ4n) is 6.28. The quantitative estimate of drug-likeness (QED) is 0.0380. The SMILES string of the molecule is CCCCCCCCCCCCCC(=O)N[C@@H](CCCN)C(=O)N[C@@H](CCCN)C(=O)N[C@@H](CCCN)C(=O)N[C@@H](CCCN)C(=O)N[C@@H](CCCN)C(N)=O. The van der Waals surface area contributed by atoms with Gasteiger partial charge in [-0.15, -0.1) is 0 Å². The number of nitrogens with two attached hydrogens (primary N) is 6. The van der Waals surface area contributed by atoms with Crippen molar-refractivity contribution in [3.8, 4) is 0 Å². The molecular formula is C39H79N11O6. The molecule has 0 unspecified atom stereocenters. The summed E-state index contributed by atoms with van der Waals surface area (Å²) in [5.74, 6) is -3.42. The van der Waals surface area contributed by atoms with Crippen molar-refractivity contribution in [2.45, 2.75) is 178 Å². The third kappa shape index (κ3) is 25.7. The standard InChI is InChI=1S/C39H79N11O6/c1-2-3-4-5-6-7-8-9-10-11-12-23-34(51)46-30(19-14-25-41)36(53)48-32(21-16-27-43)38(55)50-33(22-17-28-44)39(56)49-31(20-15-26-42)37(54)47-29(35(45)52)18-13-24-40/h29-33H,2-28,40-44H2,1H3,(H2,45,52)(H,46,51)(H,47,54)(H,48,53)(H,49,56)(H,50,55)/t29-,30-,31-,32-,33-/m0/s1. The zero-order valence-electron chi connectivity index (χ0n) is 34.4. The van der Waals surface area contributed by atoms with Crippen LogP contribution in [0, 0.1) is 0 Å². The molecule has 0 bridgehead atoms. The summed E-state index contributed by atoms with van der Waals surface area (Å²) >= 11 is 0. The highest BCUT2D eigenvalue weighted by atomic mass is 16.2. The van der Waals surface area contributed by atoms with E-state index >= 15 is 0 Å². The van der Waals surface area contributed by atoms with Gasteiger partial charge >= 0.3 is 0 Å². The number of primary amides is 1. The van der Waals surface area contributed by atoms with Gasteiger partial charge in [-0.25, -0.2) is 0 Å². The third-order valence-corrected chi connectivity index (χ3v) is 9.70. The Kier molecular flexibility index (Phi) is 32.7. The van der Waals surface area contributed by atoms with Gasteiger partial charge in [-0.05, 0) is 103 Å². The summed E-state index contributed by atoms with van der Waals surface area (Å²) < 4.78 is 0. The highest BCUT2D eigenvalue weighted by Crippen LogP contribution is 2.13. The maximum absolute atomic E-state index is 13.7. The van der Waals surface area contributed by atoms with Gasteiger partial charge in [0.25, 0.3) is 0 Å². The number of unbranched alkanes of at least 4 members (excludes halogenated alkanes) is 10. The van der Waals surface area contributed by atoms with E-state index in [1.807, 2.05) is 0 Å². The van der Waals surface area contributed by atoms with E-state index in [4.69, 9.17) is 34.4 Å². The van der Waals surface area contributed by atoms with Gasteiger partial charge in [0.2, 0.25) is 35.4 Å². The Bertz CT molecular complexity index is 1100. The largest absolute Gasteiger partial charge is 0.368 e. The minimum Gasteiger partial charge on any atom is -0.368 e. The minimum atomic E-state index is -1.11. The first-order valence-electron chi connectivity index (χ1n) is 21.3. The number of hydrogen-bond donors (Lipinski definition) is 11. The van der Waals surface area contributed by atoms with Crippen molar-refractivity contribution in [2.75, 3.05) is 32.7 Å². The van der Waals surface area contributed by atoms with Gasteiger partial charge in [-0.2, -0.15) is 0 Å². The molecule has 56 heavy (non-hydrogen) atoms. The average molecular weight is 798 g/mol. The predicted octanol–water partition coefficient (Wildman–Crippen LogP) is 0.291. The zero-order chi connectivity index (χ0) is 42.0. The van der Waals surface area contributed by atoms with Crippen LogP contribution in [0.25, 0.3) is 0 Å². The smallest absolute Gasteiger partial charge is 0.243 e. The molecular weight excluding hydrogens is 718 g/mol. The number of rotatable bonds is 37. The van der Waals surface area contributed by atoms with E-state index in [-0.39, 0.29) is 57.6 Å². The lowest BCUT2D eigenvalue weighted by atomic mass is 10.0. The van der Waals surface area contributed by atoms with Gasteiger partial charge in [-0.1, -0.05) is 71.1 Å². The second-order valence-electron chi connectivity index (χ2n) is 14.7. The molecule has 6 amide bonds. The maximum Gasteiger partial charge on any atom is 0.243 e. The molecule has 17 N–H and O–H groups in total. The van der Waals surface area contributed by atoms with E-state index in [2.05, 4.69) is 33.5 Å². The first-order chi connectivity index (χ1) is 27.0. The molecule has 17 heteroatoms. The number of carbonyl (C=O) groups excluding carboxylic acids is 6. The number of nitrogens with one attached hydrogen (secondary N) is 5. The summed E-state index contributed by atoms with van der Waals surface area (Å²) in [6.07, 6.45) is 16.1. The Balaban J connectivity index is 5.58. The van der Waals surface area contributed by atoms with Crippen molar-refractivity contribution in [1.82, 2.24) is 26.6 Å². The van der Waals surface area contributed by atoms with Crippen molar-refractivity contribution in [3.05, 3.63) is 0 Å². The molecule has 0 aromatic heterocycles. The Hall–Kier alpha value is -3.38. The molecule has 0 rings (SSSR count). The molecule has 17 nitrogen and oxygen atoms in total. The third-order valence-electron chi connectivity index (χ3n) is 9.70. The molecule has 0 saturated carbocycles. The number of amides is 6. The molecule has 0 spiro atoms. The van der Waals surface area contributed by atoms with Gasteiger partial charge in [0.15, 0.2) is 0 Å². The van der Waals surface area contributed by atoms with Crippen molar-refractivity contribution in [1.29, 1.82) is 0 Å². The summed E-state index contributed by atoms with van der Waals surface area (Å²) in [6, 6.07) is -5.14. The van der Waals surface area contributed by atoms with E-state index < -0.39 is 59.7 Å². The van der Waals surface area contributed by atoms with Crippen LogP contribution in [0.3, 0.4) is 0 Å². The first-order valence-corrected chi connectivity index (χ1v) is 21.3. The van der Waals surface area contributed by atoms with Crippen molar-refractivity contribution in [2.24, 2.45) is 34.4 Å². The Morgan fingerprint density at radius 3 is 0.946 bits per heavy atom. The highest BCUT2D eigenvalue weighted by Gasteiger charge is 2.32. The van der Waals surface area contributed by atoms with Gasteiger partial charge < -0.3 is 61.0 Å². The second-order valence-corrected chi connectivity index (χ2v) is 14.7. The molecule has 0 heterocycles. The lowest BCUT2D eigenvalue weighted by molar-refractivity contribution is -0.135. The summed E-state index contributed by atoms with van der Waals surface area (Å²) in [4.78, 5) is 79.0. The molecule has 0 saturated heterocycles. The lowest BCUT2D eigenvalue weighted by Crippen LogP contribution is -2.59. The van der Waals surface area contributed by atoms with Crippen LogP contribution in [0.15, 0.2) is 0 Å². The fourth-order valence-corrected chi connectivity index (χ4v) is 6.28. The second kappa shape index (κ2) is 34.8. The molecule has 0 aromatic rings. The number of hydrogen-bond acceptors (Lipinski definition) is 11. The van der Waals surface area contributed by atoms with Crippen LogP contribution in [0.2, 0.25) is 0 Å². The summed E-state index contributed by atoms with van der Waals surface area (Å²) in [5.41, 5.74) is 34.0. The van der Waals surface area contributed by atoms with Crippen molar-refractivity contribution in [3.63, 3.8) is 0 Å². The van der Waals surface area contributed by atoms with Crippen LogP contribution in [0.1, 0.15) is 148 Å². The first kappa shape index (κ1) is 52.6. The van der Waals surface area contributed by atoms with Crippen LogP contribution in [0.5, 0.6) is 0 Å². The summed E-state index contributed by atoms with van der Waals surface area (Å²) in [6.45, 7) is 3.55. The predicted molar refractivity (Wildman–Crippen MR) is 221 cm³/mol. The average Bonchev–Trinajstić information content (AvgIpc) is 3.18. The van der Waals surface area contributed by atoms with Crippen LogP contribution in [-0.2, 0) is 28.8 Å². The molecule has 5 atom stereocenters. The maximum atomic E-state index is 13.7. The van der Waals surface area contributed by atoms with E-state index in [0.29, 0.717) is 51.6 Å². The van der Waals surface area contributed by atoms with Crippen LogP contribution in [-0.4, -0.2) is 98.4 Å². The van der Waals surface area contributed by atoms with Gasteiger partial charge in [-0.3, -0.25) is 28.8 Å². The Morgan fingerprint density at radius 1 is 0.375 bits per heavy atom. The van der Waals surface area contributed by atoms with Crippen LogP contribution in [0.4, 0.5) is 0 Å². The van der Waals surface area contributed by atoms with Crippen molar-refractivity contribution >= 4 is 35.4 Å². The molecule has 0 aliphatic carbocycles. The minimum absolute atomic E-state index is 0.144.